The normalized spacial score (nSPS) is 33.8. The van der Waals surface area contributed by atoms with Crippen LogP contribution in [0.25, 0.3) is 0 Å². The first kappa shape index (κ1) is 12.7. The van der Waals surface area contributed by atoms with Gasteiger partial charge in [0.25, 0.3) is 0 Å². The van der Waals surface area contributed by atoms with Crippen LogP contribution in [0.3, 0.4) is 0 Å². The molecule has 2 saturated heterocycles. The molecule has 0 saturated carbocycles. The van der Waals surface area contributed by atoms with Crippen molar-refractivity contribution in [1.82, 2.24) is 4.90 Å². The monoisotopic (exact) mass is 273 g/mol. The predicted octanol–water partition coefficient (Wildman–Crippen LogP) is 2.53. The summed E-state index contributed by atoms with van der Waals surface area (Å²) in [5, 5.41) is 10.9. The average molecular weight is 273 g/mol. The summed E-state index contributed by atoms with van der Waals surface area (Å²) in [6, 6.07) is 7.58. The molecule has 1 aromatic rings. The molecule has 3 heteroatoms. The van der Waals surface area contributed by atoms with E-state index in [0.29, 0.717) is 18.0 Å². The van der Waals surface area contributed by atoms with Crippen LogP contribution in [0.5, 0.6) is 5.75 Å². The summed E-state index contributed by atoms with van der Waals surface area (Å²) in [5.41, 5.74) is 2.28. The Hall–Kier alpha value is -1.06. The van der Waals surface area contributed by atoms with E-state index in [1.807, 2.05) is 0 Å². The number of rotatable bonds is 2. The van der Waals surface area contributed by atoms with Crippen LogP contribution in [0.2, 0.25) is 0 Å². The van der Waals surface area contributed by atoms with Gasteiger partial charge in [0.2, 0.25) is 0 Å². The van der Waals surface area contributed by atoms with Gasteiger partial charge in [-0.3, -0.25) is 0 Å². The zero-order valence-corrected chi connectivity index (χ0v) is 12.1. The molecule has 3 heterocycles. The molecule has 0 aliphatic carbocycles. The number of fused-ring (bicyclic) bond motifs is 3. The summed E-state index contributed by atoms with van der Waals surface area (Å²) >= 11 is 0. The van der Waals surface area contributed by atoms with Crippen molar-refractivity contribution in [2.45, 2.75) is 50.3 Å². The third-order valence-corrected chi connectivity index (χ3v) is 5.64. The van der Waals surface area contributed by atoms with Gasteiger partial charge in [0, 0.05) is 24.1 Å². The van der Waals surface area contributed by atoms with Crippen molar-refractivity contribution in [3.05, 3.63) is 29.3 Å². The summed E-state index contributed by atoms with van der Waals surface area (Å²) < 4.78 is 5.76. The average Bonchev–Trinajstić information content (AvgIpc) is 2.99. The lowest BCUT2D eigenvalue weighted by Gasteiger charge is -2.38. The van der Waals surface area contributed by atoms with Gasteiger partial charge in [-0.15, -0.1) is 0 Å². The second-order valence-corrected chi connectivity index (χ2v) is 6.66. The molecule has 0 aromatic heterocycles. The van der Waals surface area contributed by atoms with Crippen LogP contribution in [0.1, 0.15) is 42.9 Å². The van der Waals surface area contributed by atoms with E-state index in [1.165, 1.54) is 18.4 Å². The van der Waals surface area contributed by atoms with E-state index in [0.717, 1.165) is 37.2 Å². The predicted molar refractivity (Wildman–Crippen MR) is 77.9 cm³/mol. The number of hydrogen-bond acceptors (Lipinski definition) is 3. The van der Waals surface area contributed by atoms with Crippen LogP contribution in [-0.2, 0) is 6.42 Å². The van der Waals surface area contributed by atoms with Crippen molar-refractivity contribution < 1.29 is 9.84 Å². The smallest absolute Gasteiger partial charge is 0.128 e. The minimum Gasteiger partial charge on any atom is -0.493 e. The number of piperidine rings is 1. The quantitative estimate of drug-likeness (QED) is 0.899. The molecule has 0 radical (unpaired) electrons. The van der Waals surface area contributed by atoms with Crippen LogP contribution >= 0.6 is 0 Å². The van der Waals surface area contributed by atoms with E-state index < -0.39 is 0 Å². The van der Waals surface area contributed by atoms with Gasteiger partial charge < -0.3 is 14.7 Å². The largest absolute Gasteiger partial charge is 0.493 e. The molecular weight excluding hydrogens is 250 g/mol. The number of hydrogen-bond donors (Lipinski definition) is 1. The Kier molecular flexibility index (Phi) is 3.00. The lowest BCUT2D eigenvalue weighted by atomic mass is 9.83. The number of benzene rings is 1. The molecule has 3 atom stereocenters. The van der Waals surface area contributed by atoms with Crippen LogP contribution < -0.4 is 4.74 Å². The van der Waals surface area contributed by atoms with Gasteiger partial charge in [0.15, 0.2) is 0 Å². The van der Waals surface area contributed by atoms with Crippen molar-refractivity contribution in [3.63, 3.8) is 0 Å². The van der Waals surface area contributed by atoms with Crippen molar-refractivity contribution >= 4 is 0 Å². The maximum Gasteiger partial charge on any atom is 0.128 e. The summed E-state index contributed by atoms with van der Waals surface area (Å²) in [5.74, 6) is 1.35. The summed E-state index contributed by atoms with van der Waals surface area (Å²) in [6.07, 6.45) is 5.46. The number of aliphatic hydroxyl groups excluding tert-OH is 1. The van der Waals surface area contributed by atoms with E-state index in [1.54, 1.807) is 0 Å². The lowest BCUT2D eigenvalue weighted by molar-refractivity contribution is 0.0343. The molecule has 3 nitrogen and oxygen atoms in total. The minimum atomic E-state index is -0.361. The summed E-state index contributed by atoms with van der Waals surface area (Å²) in [4.78, 5) is 2.52. The SMILES string of the molecule is CN1C2CCC1CC(C(O)c1cccc3c1OCC3)C2. The molecule has 108 valence electrons. The van der Waals surface area contributed by atoms with Gasteiger partial charge in [-0.2, -0.15) is 0 Å². The fourth-order valence-electron chi connectivity index (χ4n) is 4.44. The van der Waals surface area contributed by atoms with E-state index >= 15 is 0 Å². The zero-order valence-electron chi connectivity index (χ0n) is 12.1. The first-order valence-corrected chi connectivity index (χ1v) is 7.88. The molecule has 1 aromatic carbocycles. The van der Waals surface area contributed by atoms with Gasteiger partial charge in [-0.25, -0.2) is 0 Å². The number of nitrogens with zero attached hydrogens (tertiary/aromatic N) is 1. The Morgan fingerprint density at radius 1 is 1.25 bits per heavy atom. The standard InChI is InChI=1S/C17H23NO2/c1-18-13-5-6-14(18)10-12(9-13)16(19)15-4-2-3-11-7-8-20-17(11)15/h2-4,12-14,16,19H,5-10H2,1H3. The minimum absolute atomic E-state index is 0.361. The van der Waals surface area contributed by atoms with Crippen LogP contribution in [0.15, 0.2) is 18.2 Å². The van der Waals surface area contributed by atoms with E-state index in [-0.39, 0.29) is 6.10 Å². The van der Waals surface area contributed by atoms with Crippen LogP contribution in [0.4, 0.5) is 0 Å². The van der Waals surface area contributed by atoms with E-state index in [9.17, 15) is 5.11 Å². The van der Waals surface area contributed by atoms with Crippen LogP contribution in [0, 0.1) is 5.92 Å². The molecule has 20 heavy (non-hydrogen) atoms. The fourth-order valence-corrected chi connectivity index (χ4v) is 4.44. The third-order valence-electron chi connectivity index (χ3n) is 5.64. The molecule has 3 aliphatic rings. The number of ether oxygens (including phenoxy) is 1. The molecule has 1 N–H and O–H groups in total. The van der Waals surface area contributed by atoms with Gasteiger partial charge in [-0.05, 0) is 44.2 Å². The van der Waals surface area contributed by atoms with Gasteiger partial charge in [0.1, 0.15) is 5.75 Å². The highest BCUT2D eigenvalue weighted by Crippen LogP contribution is 2.45. The van der Waals surface area contributed by atoms with Crippen LogP contribution in [-0.4, -0.2) is 35.7 Å². The van der Waals surface area contributed by atoms with E-state index in [2.05, 4.69) is 30.1 Å². The van der Waals surface area contributed by atoms with Gasteiger partial charge in [0.05, 0.1) is 12.7 Å². The highest BCUT2D eigenvalue weighted by molar-refractivity contribution is 5.45. The topological polar surface area (TPSA) is 32.7 Å². The zero-order chi connectivity index (χ0) is 13.7. The summed E-state index contributed by atoms with van der Waals surface area (Å²) in [6.45, 7) is 0.762. The van der Waals surface area contributed by atoms with Crippen molar-refractivity contribution in [3.8, 4) is 5.75 Å². The van der Waals surface area contributed by atoms with Crippen molar-refractivity contribution in [1.29, 1.82) is 0 Å². The highest BCUT2D eigenvalue weighted by atomic mass is 16.5. The molecule has 4 rings (SSSR count). The van der Waals surface area contributed by atoms with E-state index in [4.69, 9.17) is 4.74 Å². The second kappa shape index (κ2) is 4.74. The van der Waals surface area contributed by atoms with Gasteiger partial charge >= 0.3 is 0 Å². The Morgan fingerprint density at radius 3 is 2.75 bits per heavy atom. The summed E-state index contributed by atoms with van der Waals surface area (Å²) in [7, 11) is 2.24. The third kappa shape index (κ3) is 1.87. The number of aliphatic hydroxyl groups is 1. The Balaban J connectivity index is 1.59. The molecule has 0 spiro atoms. The van der Waals surface area contributed by atoms with Gasteiger partial charge in [-0.1, -0.05) is 18.2 Å². The maximum atomic E-state index is 10.9. The highest BCUT2D eigenvalue weighted by Gasteiger charge is 2.41. The first-order valence-electron chi connectivity index (χ1n) is 7.88. The Morgan fingerprint density at radius 2 is 2.00 bits per heavy atom. The molecule has 2 fully saturated rings. The van der Waals surface area contributed by atoms with Crippen molar-refractivity contribution in [2.75, 3.05) is 13.7 Å². The van der Waals surface area contributed by atoms with Crippen molar-refractivity contribution in [2.24, 2.45) is 5.92 Å². The first-order chi connectivity index (χ1) is 9.74. The Labute approximate surface area is 120 Å². The Bertz CT molecular complexity index is 502. The molecule has 0 amide bonds. The molecule has 3 unspecified atom stereocenters. The molecule has 2 bridgehead atoms. The molecular formula is C17H23NO2. The maximum absolute atomic E-state index is 10.9. The molecule has 3 aliphatic heterocycles. The fraction of sp³-hybridized carbons (Fsp3) is 0.647. The lowest BCUT2D eigenvalue weighted by Crippen LogP contribution is -2.41. The second-order valence-electron chi connectivity index (χ2n) is 6.66. The number of para-hydroxylation sites is 1.